The smallest absolute Gasteiger partial charge is 0.321 e. The predicted octanol–water partition coefficient (Wildman–Crippen LogP) is 3.01. The van der Waals surface area contributed by atoms with Crippen LogP contribution in [0.5, 0.6) is 0 Å². The molecule has 26 heavy (non-hydrogen) atoms. The van der Waals surface area contributed by atoms with E-state index in [1.54, 1.807) is 43.6 Å². The Hall–Kier alpha value is -3.13. The highest BCUT2D eigenvalue weighted by Crippen LogP contribution is 2.28. The average molecular weight is 368 g/mol. The molecule has 4 rings (SSSR count). The molecule has 2 amide bonds. The number of benzene rings is 2. The fourth-order valence-corrected chi connectivity index (χ4v) is 4.18. The molecule has 1 aliphatic rings. The number of anilines is 2. The molecule has 132 valence electrons. The normalized spacial score (nSPS) is 14.0. The maximum Gasteiger partial charge on any atom is 0.321 e. The van der Waals surface area contributed by atoms with E-state index >= 15 is 0 Å². The van der Waals surface area contributed by atoms with Gasteiger partial charge in [0.15, 0.2) is 0 Å². The molecule has 1 aromatic heterocycles. The van der Waals surface area contributed by atoms with E-state index in [1.165, 1.54) is 11.0 Å². The second-order valence-electron chi connectivity index (χ2n) is 6.09. The molecule has 0 unspecified atom stereocenters. The summed E-state index contributed by atoms with van der Waals surface area (Å²) in [6.07, 6.45) is 1.57. The molecule has 7 nitrogen and oxygen atoms in total. The molecular formula is C18H16N4O3S. The molecule has 2 N–H and O–H groups in total. The molecule has 3 aromatic rings. The second kappa shape index (κ2) is 5.99. The van der Waals surface area contributed by atoms with Gasteiger partial charge in [-0.1, -0.05) is 18.2 Å². The Morgan fingerprint density at radius 2 is 1.96 bits per heavy atom. The van der Waals surface area contributed by atoms with Gasteiger partial charge in [-0.05, 0) is 35.9 Å². The number of urea groups is 1. The number of carbonyl (C=O) groups is 1. The standard InChI is InChI=1S/C18H16N4O3S/c1-22-11-13-10-14(7-8-15(13)20-18(22)23)21-26(24,25)16-6-2-4-12-5-3-9-19-17(12)16/h2-10,21H,11H2,1H3,(H,20,23). The number of carbonyl (C=O) groups excluding carboxylic acids is 1. The van der Waals surface area contributed by atoms with Crippen molar-refractivity contribution in [2.75, 3.05) is 17.1 Å². The lowest BCUT2D eigenvalue weighted by Gasteiger charge is -2.26. The summed E-state index contributed by atoms with van der Waals surface area (Å²) in [5.41, 5.74) is 2.37. The summed E-state index contributed by atoms with van der Waals surface area (Å²) < 4.78 is 28.3. The SMILES string of the molecule is CN1Cc2cc(NS(=O)(=O)c3cccc4cccnc34)ccc2NC1=O. The van der Waals surface area contributed by atoms with Crippen LogP contribution in [-0.4, -0.2) is 31.4 Å². The van der Waals surface area contributed by atoms with Crippen LogP contribution in [-0.2, 0) is 16.6 Å². The minimum Gasteiger partial charge on any atom is -0.323 e. The van der Waals surface area contributed by atoms with E-state index in [-0.39, 0.29) is 10.9 Å². The maximum absolute atomic E-state index is 12.9. The molecule has 2 aromatic carbocycles. The summed E-state index contributed by atoms with van der Waals surface area (Å²) in [6, 6.07) is 13.5. The lowest BCUT2D eigenvalue weighted by Crippen LogP contribution is -2.35. The minimum atomic E-state index is -3.80. The molecule has 0 spiro atoms. The number of nitrogens with one attached hydrogen (secondary N) is 2. The molecular weight excluding hydrogens is 352 g/mol. The summed E-state index contributed by atoms with van der Waals surface area (Å²) in [5.74, 6) is 0. The van der Waals surface area contributed by atoms with Crippen molar-refractivity contribution in [2.45, 2.75) is 11.4 Å². The van der Waals surface area contributed by atoms with Crippen LogP contribution in [0.3, 0.4) is 0 Å². The zero-order chi connectivity index (χ0) is 18.3. The summed E-state index contributed by atoms with van der Waals surface area (Å²) in [5, 5.41) is 3.51. The molecule has 0 aliphatic carbocycles. The number of sulfonamides is 1. The molecule has 0 bridgehead atoms. The number of rotatable bonds is 3. The Labute approximate surface area is 150 Å². The number of aromatic nitrogens is 1. The molecule has 0 radical (unpaired) electrons. The first-order valence-corrected chi connectivity index (χ1v) is 9.44. The second-order valence-corrected chi connectivity index (χ2v) is 7.75. The van der Waals surface area contributed by atoms with Gasteiger partial charge >= 0.3 is 6.03 Å². The Kier molecular flexibility index (Phi) is 3.77. The molecule has 0 saturated carbocycles. The number of hydrogen-bond donors (Lipinski definition) is 2. The van der Waals surface area contributed by atoms with Gasteiger partial charge < -0.3 is 10.2 Å². The van der Waals surface area contributed by atoms with Crippen molar-refractivity contribution >= 4 is 38.3 Å². The van der Waals surface area contributed by atoms with Crippen molar-refractivity contribution in [3.05, 3.63) is 60.3 Å². The van der Waals surface area contributed by atoms with Gasteiger partial charge in [-0.3, -0.25) is 9.71 Å². The van der Waals surface area contributed by atoms with Crippen molar-refractivity contribution in [2.24, 2.45) is 0 Å². The van der Waals surface area contributed by atoms with E-state index in [0.717, 1.165) is 10.9 Å². The largest absolute Gasteiger partial charge is 0.323 e. The van der Waals surface area contributed by atoms with Gasteiger partial charge in [0.1, 0.15) is 4.90 Å². The number of pyridine rings is 1. The van der Waals surface area contributed by atoms with Gasteiger partial charge in [0, 0.05) is 36.6 Å². The van der Waals surface area contributed by atoms with Crippen LogP contribution in [0.2, 0.25) is 0 Å². The fraction of sp³-hybridized carbons (Fsp3) is 0.111. The first-order chi connectivity index (χ1) is 12.4. The van der Waals surface area contributed by atoms with Crippen LogP contribution in [0, 0.1) is 0 Å². The van der Waals surface area contributed by atoms with E-state index in [0.29, 0.717) is 23.4 Å². The third-order valence-corrected chi connectivity index (χ3v) is 5.65. The highest BCUT2D eigenvalue weighted by Gasteiger charge is 2.22. The summed E-state index contributed by atoms with van der Waals surface area (Å²) in [4.78, 5) is 17.5. The maximum atomic E-state index is 12.9. The van der Waals surface area contributed by atoms with Crippen molar-refractivity contribution in [3.8, 4) is 0 Å². The number of amides is 2. The monoisotopic (exact) mass is 368 g/mol. The first kappa shape index (κ1) is 16.3. The quantitative estimate of drug-likeness (QED) is 0.743. The fourth-order valence-electron chi connectivity index (χ4n) is 2.95. The van der Waals surface area contributed by atoms with Crippen LogP contribution < -0.4 is 10.0 Å². The van der Waals surface area contributed by atoms with Crippen molar-refractivity contribution < 1.29 is 13.2 Å². The molecule has 8 heteroatoms. The average Bonchev–Trinajstić information content (AvgIpc) is 2.62. The van der Waals surface area contributed by atoms with E-state index in [1.807, 2.05) is 12.1 Å². The zero-order valence-corrected chi connectivity index (χ0v) is 14.7. The predicted molar refractivity (Wildman–Crippen MR) is 99.5 cm³/mol. The van der Waals surface area contributed by atoms with Crippen LogP contribution >= 0.6 is 0 Å². The Morgan fingerprint density at radius 1 is 1.15 bits per heavy atom. The van der Waals surface area contributed by atoms with Crippen LogP contribution in [0.4, 0.5) is 16.2 Å². The molecule has 1 aliphatic heterocycles. The zero-order valence-electron chi connectivity index (χ0n) is 13.9. The summed E-state index contributed by atoms with van der Waals surface area (Å²) in [7, 11) is -2.13. The highest BCUT2D eigenvalue weighted by molar-refractivity contribution is 7.93. The number of para-hydroxylation sites is 1. The number of hydrogen-bond acceptors (Lipinski definition) is 4. The van der Waals surface area contributed by atoms with Crippen LogP contribution in [0.1, 0.15) is 5.56 Å². The van der Waals surface area contributed by atoms with Gasteiger partial charge in [-0.2, -0.15) is 0 Å². The highest BCUT2D eigenvalue weighted by atomic mass is 32.2. The van der Waals surface area contributed by atoms with Crippen molar-refractivity contribution in [1.82, 2.24) is 9.88 Å². The molecule has 0 saturated heterocycles. The lowest BCUT2D eigenvalue weighted by atomic mass is 10.1. The minimum absolute atomic E-state index is 0.124. The van der Waals surface area contributed by atoms with E-state index in [2.05, 4.69) is 15.0 Å². The Morgan fingerprint density at radius 3 is 2.81 bits per heavy atom. The van der Waals surface area contributed by atoms with Gasteiger partial charge in [0.05, 0.1) is 5.52 Å². The van der Waals surface area contributed by atoms with Gasteiger partial charge in [-0.25, -0.2) is 13.2 Å². The molecule has 0 atom stereocenters. The van der Waals surface area contributed by atoms with E-state index in [9.17, 15) is 13.2 Å². The van der Waals surface area contributed by atoms with Crippen LogP contribution in [0.15, 0.2) is 59.6 Å². The number of nitrogens with zero attached hydrogens (tertiary/aromatic N) is 2. The van der Waals surface area contributed by atoms with Gasteiger partial charge in [0.25, 0.3) is 10.0 Å². The van der Waals surface area contributed by atoms with Crippen molar-refractivity contribution in [1.29, 1.82) is 0 Å². The first-order valence-electron chi connectivity index (χ1n) is 7.96. The Bertz CT molecular complexity index is 1120. The lowest BCUT2D eigenvalue weighted by molar-refractivity contribution is 0.218. The summed E-state index contributed by atoms with van der Waals surface area (Å²) in [6.45, 7) is 0.409. The topological polar surface area (TPSA) is 91.4 Å². The van der Waals surface area contributed by atoms with E-state index in [4.69, 9.17) is 0 Å². The summed E-state index contributed by atoms with van der Waals surface area (Å²) >= 11 is 0. The Balaban J connectivity index is 1.70. The number of fused-ring (bicyclic) bond motifs is 2. The molecule has 0 fully saturated rings. The van der Waals surface area contributed by atoms with E-state index < -0.39 is 10.0 Å². The molecule has 2 heterocycles. The van der Waals surface area contributed by atoms with Crippen LogP contribution in [0.25, 0.3) is 10.9 Å². The third-order valence-electron chi connectivity index (χ3n) is 4.24. The van der Waals surface area contributed by atoms with Gasteiger partial charge in [0.2, 0.25) is 0 Å². The third kappa shape index (κ3) is 2.84. The van der Waals surface area contributed by atoms with Gasteiger partial charge in [-0.15, -0.1) is 0 Å². The van der Waals surface area contributed by atoms with Crippen molar-refractivity contribution in [3.63, 3.8) is 0 Å².